The standard InChI is InChI=1S/C15H11N3O2S/c1-10-6-7-16-8-13(10)14-9-21-15(17-14)11-2-4-12(5-3-11)18(19)20/h2-9H,1H3. The molecule has 0 amide bonds. The van der Waals surface area contributed by atoms with E-state index < -0.39 is 4.92 Å². The lowest BCUT2D eigenvalue weighted by Gasteiger charge is -2.00. The minimum atomic E-state index is -0.407. The van der Waals surface area contributed by atoms with Crippen LogP contribution in [0.4, 0.5) is 5.69 Å². The van der Waals surface area contributed by atoms with Crippen molar-refractivity contribution in [1.29, 1.82) is 0 Å². The van der Waals surface area contributed by atoms with Crippen LogP contribution in [0.2, 0.25) is 0 Å². The number of nitro benzene ring substituents is 1. The molecule has 0 aliphatic carbocycles. The highest BCUT2D eigenvalue weighted by atomic mass is 32.1. The molecule has 0 spiro atoms. The fourth-order valence-electron chi connectivity index (χ4n) is 1.99. The maximum absolute atomic E-state index is 10.7. The first-order valence-electron chi connectivity index (χ1n) is 6.26. The van der Waals surface area contributed by atoms with E-state index in [1.165, 1.54) is 23.5 Å². The molecule has 1 aromatic carbocycles. The van der Waals surface area contributed by atoms with Gasteiger partial charge >= 0.3 is 0 Å². The highest BCUT2D eigenvalue weighted by Crippen LogP contribution is 2.30. The molecule has 0 unspecified atom stereocenters. The second-order valence-electron chi connectivity index (χ2n) is 4.53. The largest absolute Gasteiger partial charge is 0.269 e. The highest BCUT2D eigenvalue weighted by Gasteiger charge is 2.10. The lowest BCUT2D eigenvalue weighted by atomic mass is 10.1. The zero-order valence-corrected chi connectivity index (χ0v) is 12.0. The number of rotatable bonds is 3. The zero-order valence-electron chi connectivity index (χ0n) is 11.2. The molecule has 0 bridgehead atoms. The lowest BCUT2D eigenvalue weighted by Crippen LogP contribution is -1.87. The average molecular weight is 297 g/mol. The van der Waals surface area contributed by atoms with Gasteiger partial charge in [0.15, 0.2) is 0 Å². The Morgan fingerprint density at radius 2 is 1.95 bits per heavy atom. The number of hydrogen-bond donors (Lipinski definition) is 0. The lowest BCUT2D eigenvalue weighted by molar-refractivity contribution is -0.384. The fourth-order valence-corrected chi connectivity index (χ4v) is 2.81. The smallest absolute Gasteiger partial charge is 0.264 e. The Morgan fingerprint density at radius 3 is 2.62 bits per heavy atom. The van der Waals surface area contributed by atoms with Gasteiger partial charge in [0.25, 0.3) is 5.69 Å². The molecule has 0 aliphatic rings. The van der Waals surface area contributed by atoms with Gasteiger partial charge in [-0.15, -0.1) is 11.3 Å². The van der Waals surface area contributed by atoms with Crippen LogP contribution in [0.1, 0.15) is 5.56 Å². The van der Waals surface area contributed by atoms with E-state index in [1.807, 2.05) is 18.4 Å². The van der Waals surface area contributed by atoms with Crippen LogP contribution >= 0.6 is 11.3 Å². The molecular weight excluding hydrogens is 286 g/mol. The van der Waals surface area contributed by atoms with E-state index in [-0.39, 0.29) is 5.69 Å². The molecule has 3 rings (SSSR count). The van der Waals surface area contributed by atoms with Crippen molar-refractivity contribution in [2.45, 2.75) is 6.92 Å². The van der Waals surface area contributed by atoms with Crippen LogP contribution in [-0.2, 0) is 0 Å². The van der Waals surface area contributed by atoms with Gasteiger partial charge < -0.3 is 0 Å². The number of pyridine rings is 1. The fraction of sp³-hybridized carbons (Fsp3) is 0.0667. The number of nitrogens with zero attached hydrogens (tertiary/aromatic N) is 3. The second kappa shape index (κ2) is 5.41. The van der Waals surface area contributed by atoms with Gasteiger partial charge in [0.05, 0.1) is 10.6 Å². The van der Waals surface area contributed by atoms with Gasteiger partial charge in [-0.25, -0.2) is 4.98 Å². The van der Waals surface area contributed by atoms with Crippen LogP contribution in [0.3, 0.4) is 0 Å². The van der Waals surface area contributed by atoms with Crippen LogP contribution < -0.4 is 0 Å². The van der Waals surface area contributed by atoms with Gasteiger partial charge in [0, 0.05) is 41.0 Å². The van der Waals surface area contributed by atoms with Gasteiger partial charge in [0.1, 0.15) is 5.01 Å². The van der Waals surface area contributed by atoms with Crippen molar-refractivity contribution in [3.63, 3.8) is 0 Å². The van der Waals surface area contributed by atoms with Crippen molar-refractivity contribution in [2.24, 2.45) is 0 Å². The molecule has 104 valence electrons. The second-order valence-corrected chi connectivity index (χ2v) is 5.39. The minimum absolute atomic E-state index is 0.0821. The summed E-state index contributed by atoms with van der Waals surface area (Å²) in [6.07, 6.45) is 3.55. The Morgan fingerprint density at radius 1 is 1.19 bits per heavy atom. The number of nitro groups is 1. The summed E-state index contributed by atoms with van der Waals surface area (Å²) >= 11 is 1.51. The normalized spacial score (nSPS) is 10.5. The van der Waals surface area contributed by atoms with Crippen molar-refractivity contribution in [1.82, 2.24) is 9.97 Å². The number of aryl methyl sites for hydroxylation is 1. The monoisotopic (exact) mass is 297 g/mol. The topological polar surface area (TPSA) is 68.9 Å². The summed E-state index contributed by atoms with van der Waals surface area (Å²) < 4.78 is 0. The molecule has 3 aromatic rings. The Bertz CT molecular complexity index is 797. The predicted octanol–water partition coefficient (Wildman–Crippen LogP) is 4.09. The molecule has 0 saturated heterocycles. The summed E-state index contributed by atoms with van der Waals surface area (Å²) in [5.41, 5.74) is 3.95. The third-order valence-electron chi connectivity index (χ3n) is 3.14. The summed E-state index contributed by atoms with van der Waals surface area (Å²) in [4.78, 5) is 19.0. The molecule has 6 heteroatoms. The Balaban J connectivity index is 1.95. The van der Waals surface area contributed by atoms with Crippen LogP contribution in [0.5, 0.6) is 0 Å². The molecule has 0 fully saturated rings. The van der Waals surface area contributed by atoms with Crippen LogP contribution in [-0.4, -0.2) is 14.9 Å². The van der Waals surface area contributed by atoms with E-state index in [0.29, 0.717) is 0 Å². The van der Waals surface area contributed by atoms with Gasteiger partial charge in [-0.1, -0.05) is 0 Å². The molecule has 2 heterocycles. The minimum Gasteiger partial charge on any atom is -0.264 e. The molecule has 2 aromatic heterocycles. The first kappa shape index (κ1) is 13.4. The van der Waals surface area contributed by atoms with E-state index in [2.05, 4.69) is 9.97 Å². The van der Waals surface area contributed by atoms with Crippen molar-refractivity contribution < 1.29 is 4.92 Å². The summed E-state index contributed by atoms with van der Waals surface area (Å²) in [7, 11) is 0. The van der Waals surface area contributed by atoms with Gasteiger partial charge in [-0.2, -0.15) is 0 Å². The molecule has 0 N–H and O–H groups in total. The third kappa shape index (κ3) is 2.66. The maximum Gasteiger partial charge on any atom is 0.269 e. The number of aromatic nitrogens is 2. The third-order valence-corrected chi connectivity index (χ3v) is 4.04. The number of non-ortho nitro benzene ring substituents is 1. The number of benzene rings is 1. The Labute approximate surface area is 125 Å². The number of thiazole rings is 1. The van der Waals surface area contributed by atoms with Gasteiger partial charge in [0.2, 0.25) is 0 Å². The molecule has 21 heavy (non-hydrogen) atoms. The Hall–Kier alpha value is -2.60. The van der Waals surface area contributed by atoms with E-state index in [1.54, 1.807) is 24.5 Å². The van der Waals surface area contributed by atoms with E-state index in [9.17, 15) is 10.1 Å². The predicted molar refractivity (Wildman–Crippen MR) is 82.2 cm³/mol. The SMILES string of the molecule is Cc1ccncc1-c1csc(-c2ccc([N+](=O)[O-])cc2)n1. The van der Waals surface area contributed by atoms with Crippen molar-refractivity contribution in [3.8, 4) is 21.8 Å². The van der Waals surface area contributed by atoms with E-state index in [4.69, 9.17) is 0 Å². The van der Waals surface area contributed by atoms with Crippen LogP contribution in [0.25, 0.3) is 21.8 Å². The van der Waals surface area contributed by atoms with Crippen LogP contribution in [0.15, 0.2) is 48.1 Å². The first-order valence-corrected chi connectivity index (χ1v) is 7.14. The molecular formula is C15H11N3O2S. The highest BCUT2D eigenvalue weighted by molar-refractivity contribution is 7.13. The van der Waals surface area contributed by atoms with E-state index >= 15 is 0 Å². The molecule has 0 atom stereocenters. The number of hydrogen-bond acceptors (Lipinski definition) is 5. The Kier molecular flexibility index (Phi) is 3.45. The maximum atomic E-state index is 10.7. The van der Waals surface area contributed by atoms with Crippen LogP contribution in [0, 0.1) is 17.0 Å². The van der Waals surface area contributed by atoms with Crippen molar-refractivity contribution in [2.75, 3.05) is 0 Å². The van der Waals surface area contributed by atoms with Crippen molar-refractivity contribution in [3.05, 3.63) is 63.8 Å². The molecule has 0 aliphatic heterocycles. The summed E-state index contributed by atoms with van der Waals surface area (Å²) in [5.74, 6) is 0. The summed E-state index contributed by atoms with van der Waals surface area (Å²) in [5, 5.41) is 13.5. The molecule has 0 radical (unpaired) electrons. The van der Waals surface area contributed by atoms with E-state index in [0.717, 1.165) is 27.4 Å². The molecule has 5 nitrogen and oxygen atoms in total. The van der Waals surface area contributed by atoms with Crippen molar-refractivity contribution >= 4 is 17.0 Å². The molecule has 0 saturated carbocycles. The summed E-state index contributed by atoms with van der Waals surface area (Å²) in [6.45, 7) is 2.02. The first-order chi connectivity index (χ1) is 10.1. The zero-order chi connectivity index (χ0) is 14.8. The summed E-state index contributed by atoms with van der Waals surface area (Å²) in [6, 6.07) is 8.37. The average Bonchev–Trinajstić information content (AvgIpc) is 2.97. The quantitative estimate of drug-likeness (QED) is 0.539. The van der Waals surface area contributed by atoms with Gasteiger partial charge in [-0.05, 0) is 30.7 Å². The van der Waals surface area contributed by atoms with Gasteiger partial charge in [-0.3, -0.25) is 15.1 Å².